The Morgan fingerprint density at radius 1 is 1.12 bits per heavy atom. The van der Waals surface area contributed by atoms with Gasteiger partial charge in [0.25, 0.3) is 5.91 Å². The molecular weight excluding hydrogens is 307 g/mol. The molecule has 0 saturated heterocycles. The molecule has 5 heteroatoms. The lowest BCUT2D eigenvalue weighted by molar-refractivity contribution is 0.0947. The van der Waals surface area contributed by atoms with E-state index in [1.807, 2.05) is 12.1 Å². The third kappa shape index (κ3) is 3.45. The minimum absolute atomic E-state index is 0.118. The van der Waals surface area contributed by atoms with E-state index >= 15 is 0 Å². The first-order valence-electron chi connectivity index (χ1n) is 7.99. The summed E-state index contributed by atoms with van der Waals surface area (Å²) in [6.45, 7) is 0.470. The molecule has 2 aromatic rings. The molecule has 0 fully saturated rings. The predicted octanol–water partition coefficient (Wildman–Crippen LogP) is 2.46. The van der Waals surface area contributed by atoms with E-state index < -0.39 is 17.6 Å². The first-order chi connectivity index (χ1) is 11.5. The number of nitrogens with two attached hydrogens (primary N) is 1. The van der Waals surface area contributed by atoms with Gasteiger partial charge < -0.3 is 11.1 Å². The average molecular weight is 326 g/mol. The molecule has 1 aliphatic rings. The number of rotatable bonds is 5. The van der Waals surface area contributed by atoms with Crippen LogP contribution in [0.25, 0.3) is 0 Å². The van der Waals surface area contributed by atoms with Gasteiger partial charge in [0.15, 0.2) is 0 Å². The second-order valence-electron chi connectivity index (χ2n) is 6.15. The standard InChI is InChI=1S/C19H19FN2O2/c20-17-6-5-15(18(21)23)11-16(17)19(24)22-8-7-12-9-13-3-1-2-4-14(13)10-12/h1-6,11-12H,7-10H2,(H2,21,23)(H,22,24). The first-order valence-corrected chi connectivity index (χ1v) is 7.99. The summed E-state index contributed by atoms with van der Waals surface area (Å²) < 4.78 is 13.8. The van der Waals surface area contributed by atoms with Crippen molar-refractivity contribution >= 4 is 11.8 Å². The number of primary amides is 1. The smallest absolute Gasteiger partial charge is 0.254 e. The lowest BCUT2D eigenvalue weighted by atomic mass is 10.0. The number of hydrogen-bond donors (Lipinski definition) is 2. The van der Waals surface area contributed by atoms with Gasteiger partial charge >= 0.3 is 0 Å². The molecule has 0 heterocycles. The quantitative estimate of drug-likeness (QED) is 0.886. The van der Waals surface area contributed by atoms with Crippen molar-refractivity contribution in [2.75, 3.05) is 6.54 Å². The molecule has 0 radical (unpaired) electrons. The van der Waals surface area contributed by atoms with E-state index in [0.29, 0.717) is 12.5 Å². The van der Waals surface area contributed by atoms with Gasteiger partial charge in [-0.05, 0) is 54.5 Å². The number of carbonyl (C=O) groups excluding carboxylic acids is 2. The second kappa shape index (κ2) is 6.83. The fraction of sp³-hybridized carbons (Fsp3) is 0.263. The Labute approximate surface area is 139 Å². The maximum absolute atomic E-state index is 13.8. The number of benzene rings is 2. The Kier molecular flexibility index (Phi) is 4.60. The van der Waals surface area contributed by atoms with Crippen LogP contribution in [0, 0.1) is 11.7 Å². The molecule has 124 valence electrons. The summed E-state index contributed by atoms with van der Waals surface area (Å²) in [6.07, 6.45) is 2.85. The molecule has 3 rings (SSSR count). The van der Waals surface area contributed by atoms with Gasteiger partial charge in [0, 0.05) is 12.1 Å². The van der Waals surface area contributed by atoms with E-state index in [-0.39, 0.29) is 11.1 Å². The van der Waals surface area contributed by atoms with Gasteiger partial charge in [0.2, 0.25) is 5.91 Å². The SMILES string of the molecule is NC(=O)c1ccc(F)c(C(=O)NCCC2Cc3ccccc3C2)c1. The van der Waals surface area contributed by atoms with Gasteiger partial charge in [-0.2, -0.15) is 0 Å². The van der Waals surface area contributed by atoms with Crippen LogP contribution in [0.2, 0.25) is 0 Å². The summed E-state index contributed by atoms with van der Waals surface area (Å²) in [7, 11) is 0. The van der Waals surface area contributed by atoms with E-state index in [1.54, 1.807) is 0 Å². The van der Waals surface area contributed by atoms with Gasteiger partial charge in [-0.25, -0.2) is 4.39 Å². The van der Waals surface area contributed by atoms with E-state index in [1.165, 1.54) is 23.3 Å². The third-order valence-corrected chi connectivity index (χ3v) is 4.47. The van der Waals surface area contributed by atoms with Crippen LogP contribution in [0.5, 0.6) is 0 Å². The summed E-state index contributed by atoms with van der Waals surface area (Å²) in [6, 6.07) is 11.9. The summed E-state index contributed by atoms with van der Waals surface area (Å²) in [4.78, 5) is 23.3. The van der Waals surface area contributed by atoms with E-state index in [0.717, 1.165) is 25.3 Å². The first kappa shape index (κ1) is 16.2. The fourth-order valence-corrected chi connectivity index (χ4v) is 3.19. The molecule has 0 spiro atoms. The monoisotopic (exact) mass is 326 g/mol. The fourth-order valence-electron chi connectivity index (χ4n) is 3.19. The van der Waals surface area contributed by atoms with Crippen LogP contribution in [-0.2, 0) is 12.8 Å². The topological polar surface area (TPSA) is 72.2 Å². The van der Waals surface area contributed by atoms with Gasteiger partial charge in [-0.1, -0.05) is 24.3 Å². The molecule has 0 atom stereocenters. The number of fused-ring (bicyclic) bond motifs is 1. The van der Waals surface area contributed by atoms with Crippen LogP contribution in [0.1, 0.15) is 38.3 Å². The number of amides is 2. The lowest BCUT2D eigenvalue weighted by Crippen LogP contribution is -2.27. The molecular formula is C19H19FN2O2. The Balaban J connectivity index is 1.55. The predicted molar refractivity (Wildman–Crippen MR) is 89.2 cm³/mol. The highest BCUT2D eigenvalue weighted by Crippen LogP contribution is 2.28. The van der Waals surface area contributed by atoms with E-state index in [9.17, 15) is 14.0 Å². The lowest BCUT2D eigenvalue weighted by Gasteiger charge is -2.11. The van der Waals surface area contributed by atoms with E-state index in [2.05, 4.69) is 17.4 Å². The highest BCUT2D eigenvalue weighted by Gasteiger charge is 2.21. The van der Waals surface area contributed by atoms with Crippen molar-refractivity contribution in [1.82, 2.24) is 5.32 Å². The molecule has 0 aromatic heterocycles. The number of hydrogen-bond acceptors (Lipinski definition) is 2. The maximum atomic E-state index is 13.8. The van der Waals surface area contributed by atoms with Gasteiger partial charge in [0.1, 0.15) is 5.82 Å². The van der Waals surface area contributed by atoms with Crippen LogP contribution in [0.4, 0.5) is 4.39 Å². The van der Waals surface area contributed by atoms with Crippen LogP contribution < -0.4 is 11.1 Å². The second-order valence-corrected chi connectivity index (χ2v) is 6.15. The maximum Gasteiger partial charge on any atom is 0.254 e. The molecule has 0 aliphatic heterocycles. The van der Waals surface area contributed by atoms with Crippen molar-refractivity contribution < 1.29 is 14.0 Å². The molecule has 0 bridgehead atoms. The molecule has 4 nitrogen and oxygen atoms in total. The van der Waals surface area contributed by atoms with Crippen molar-refractivity contribution in [2.45, 2.75) is 19.3 Å². The van der Waals surface area contributed by atoms with Crippen molar-refractivity contribution in [3.05, 3.63) is 70.5 Å². The van der Waals surface area contributed by atoms with Crippen LogP contribution in [0.3, 0.4) is 0 Å². The summed E-state index contributed by atoms with van der Waals surface area (Å²) in [5, 5.41) is 2.73. The average Bonchev–Trinajstić information content (AvgIpc) is 2.97. The van der Waals surface area contributed by atoms with Crippen molar-refractivity contribution in [1.29, 1.82) is 0 Å². The molecule has 0 saturated carbocycles. The molecule has 3 N–H and O–H groups in total. The molecule has 1 aliphatic carbocycles. The summed E-state index contributed by atoms with van der Waals surface area (Å²) >= 11 is 0. The highest BCUT2D eigenvalue weighted by molar-refractivity contribution is 5.99. The molecule has 2 amide bonds. The summed E-state index contributed by atoms with van der Waals surface area (Å²) in [5.74, 6) is -1.38. The highest BCUT2D eigenvalue weighted by atomic mass is 19.1. The minimum atomic E-state index is -0.687. The molecule has 2 aromatic carbocycles. The Morgan fingerprint density at radius 2 is 1.79 bits per heavy atom. The number of halogens is 1. The van der Waals surface area contributed by atoms with Gasteiger partial charge in [-0.15, -0.1) is 0 Å². The molecule has 24 heavy (non-hydrogen) atoms. The summed E-state index contributed by atoms with van der Waals surface area (Å²) in [5.41, 5.74) is 7.87. The number of nitrogens with one attached hydrogen (secondary N) is 1. The zero-order chi connectivity index (χ0) is 17.1. The van der Waals surface area contributed by atoms with Crippen LogP contribution >= 0.6 is 0 Å². The molecule has 0 unspecified atom stereocenters. The normalized spacial score (nSPS) is 13.5. The van der Waals surface area contributed by atoms with Crippen molar-refractivity contribution in [3.8, 4) is 0 Å². The van der Waals surface area contributed by atoms with Crippen molar-refractivity contribution in [2.24, 2.45) is 11.7 Å². The van der Waals surface area contributed by atoms with Gasteiger partial charge in [0.05, 0.1) is 5.56 Å². The largest absolute Gasteiger partial charge is 0.366 e. The van der Waals surface area contributed by atoms with Crippen LogP contribution in [0.15, 0.2) is 42.5 Å². The van der Waals surface area contributed by atoms with Crippen molar-refractivity contribution in [3.63, 3.8) is 0 Å². The van der Waals surface area contributed by atoms with Crippen LogP contribution in [-0.4, -0.2) is 18.4 Å². The zero-order valence-corrected chi connectivity index (χ0v) is 13.2. The Morgan fingerprint density at radius 3 is 2.42 bits per heavy atom. The third-order valence-electron chi connectivity index (χ3n) is 4.47. The van der Waals surface area contributed by atoms with Gasteiger partial charge in [-0.3, -0.25) is 9.59 Å². The minimum Gasteiger partial charge on any atom is -0.366 e. The number of carbonyl (C=O) groups is 2. The Bertz CT molecular complexity index is 764. The Hall–Kier alpha value is -2.69. The van der Waals surface area contributed by atoms with E-state index in [4.69, 9.17) is 5.73 Å². The zero-order valence-electron chi connectivity index (χ0n) is 13.2.